The second kappa shape index (κ2) is 9.97. The number of aryl methyl sites for hydroxylation is 2. The molecule has 0 saturated carbocycles. The molecule has 0 aliphatic carbocycles. The number of likely N-dealkylation sites (tertiary alicyclic amines) is 1. The van der Waals surface area contributed by atoms with Crippen molar-refractivity contribution in [3.63, 3.8) is 0 Å². The van der Waals surface area contributed by atoms with Gasteiger partial charge < -0.3 is 9.64 Å². The number of alkyl halides is 5. The molecule has 0 spiro atoms. The highest BCUT2D eigenvalue weighted by Crippen LogP contribution is 2.32. The van der Waals surface area contributed by atoms with Crippen molar-refractivity contribution in [1.29, 1.82) is 0 Å². The van der Waals surface area contributed by atoms with Crippen LogP contribution < -0.4 is 4.74 Å². The summed E-state index contributed by atoms with van der Waals surface area (Å²) in [5.74, 6) is -4.65. The van der Waals surface area contributed by atoms with Crippen LogP contribution in [0.15, 0.2) is 48.9 Å². The van der Waals surface area contributed by atoms with E-state index in [1.165, 1.54) is 6.07 Å². The van der Waals surface area contributed by atoms with Crippen molar-refractivity contribution in [1.82, 2.24) is 24.2 Å². The molecule has 0 amide bonds. The van der Waals surface area contributed by atoms with Crippen molar-refractivity contribution in [3.05, 3.63) is 60.3 Å². The lowest BCUT2D eigenvalue weighted by Crippen LogP contribution is -2.39. The summed E-state index contributed by atoms with van der Waals surface area (Å²) in [7, 11) is 1.78. The Morgan fingerprint density at radius 2 is 1.82 bits per heavy atom. The first-order valence-corrected chi connectivity index (χ1v) is 12.1. The van der Waals surface area contributed by atoms with Crippen LogP contribution in [-0.4, -0.2) is 56.2 Å². The van der Waals surface area contributed by atoms with Crippen LogP contribution in [0.1, 0.15) is 24.8 Å². The van der Waals surface area contributed by atoms with E-state index < -0.39 is 23.9 Å². The maximum atomic E-state index is 14.4. The van der Waals surface area contributed by atoms with Crippen molar-refractivity contribution in [2.75, 3.05) is 19.6 Å². The molecule has 6 nitrogen and oxygen atoms in total. The van der Waals surface area contributed by atoms with Crippen molar-refractivity contribution in [3.8, 4) is 22.7 Å². The van der Waals surface area contributed by atoms with Gasteiger partial charge in [-0.2, -0.15) is 5.10 Å². The number of ether oxygens (including phenoxy) is 1. The summed E-state index contributed by atoms with van der Waals surface area (Å²) in [4.78, 5) is 6.76. The van der Waals surface area contributed by atoms with Crippen molar-refractivity contribution >= 4 is 11.0 Å². The lowest BCUT2D eigenvalue weighted by atomic mass is 10.1. The molecule has 0 atom stereocenters. The van der Waals surface area contributed by atoms with E-state index >= 15 is 0 Å². The highest BCUT2D eigenvalue weighted by atomic mass is 19.4. The first-order valence-electron chi connectivity index (χ1n) is 12.1. The average Bonchev–Trinajstić information content (AvgIpc) is 3.43. The summed E-state index contributed by atoms with van der Waals surface area (Å²) in [6.45, 7) is 1.45. The van der Waals surface area contributed by atoms with Gasteiger partial charge in [0, 0.05) is 56.3 Å². The predicted octanol–water partition coefficient (Wildman–Crippen LogP) is 6.13. The Morgan fingerprint density at radius 3 is 2.47 bits per heavy atom. The molecule has 12 heteroatoms. The summed E-state index contributed by atoms with van der Waals surface area (Å²) < 4.78 is 86.0. The van der Waals surface area contributed by atoms with E-state index in [2.05, 4.69) is 14.7 Å². The Kier molecular flexibility index (Phi) is 6.84. The molecule has 0 N–H and O–H groups in total. The number of aromatic nitrogens is 4. The molecular weight excluding hydrogens is 512 g/mol. The quantitative estimate of drug-likeness (QED) is 0.266. The summed E-state index contributed by atoms with van der Waals surface area (Å²) in [5, 5.41) is 5.08. The van der Waals surface area contributed by atoms with E-state index in [1.807, 2.05) is 23.0 Å². The minimum atomic E-state index is -5.00. The third kappa shape index (κ3) is 5.79. The number of piperidine rings is 1. The number of hydrogen-bond acceptors (Lipinski definition) is 4. The summed E-state index contributed by atoms with van der Waals surface area (Å²) in [6, 6.07) is 6.73. The number of hydrogen-bond donors (Lipinski definition) is 0. The van der Waals surface area contributed by atoms with Gasteiger partial charge in [-0.05, 0) is 55.3 Å². The van der Waals surface area contributed by atoms with Crippen LogP contribution in [0.4, 0.5) is 26.3 Å². The van der Waals surface area contributed by atoms with Gasteiger partial charge in [-0.3, -0.25) is 9.25 Å². The Hall–Kier alpha value is -3.54. The number of rotatable bonds is 7. The van der Waals surface area contributed by atoms with Gasteiger partial charge >= 0.3 is 6.36 Å². The highest BCUT2D eigenvalue weighted by molar-refractivity contribution is 5.84. The zero-order chi connectivity index (χ0) is 27.1. The minimum Gasteiger partial charge on any atom is -0.403 e. The van der Waals surface area contributed by atoms with E-state index in [0.717, 1.165) is 35.2 Å². The first kappa shape index (κ1) is 26.1. The van der Waals surface area contributed by atoms with Gasteiger partial charge in [0.25, 0.3) is 5.92 Å². The summed E-state index contributed by atoms with van der Waals surface area (Å²) in [6.07, 6.45) is 1.65. The predicted molar refractivity (Wildman–Crippen MR) is 129 cm³/mol. The minimum absolute atomic E-state index is 0.121. The summed E-state index contributed by atoms with van der Waals surface area (Å²) in [5.41, 5.74) is 3.01. The van der Waals surface area contributed by atoms with Crippen molar-refractivity contribution in [2.45, 2.75) is 38.0 Å². The normalized spacial score (nSPS) is 16.3. The average molecular weight is 538 g/mol. The molecule has 1 saturated heterocycles. The molecule has 0 unspecified atom stereocenters. The van der Waals surface area contributed by atoms with Gasteiger partial charge in [0.1, 0.15) is 5.65 Å². The molecule has 3 aromatic heterocycles. The van der Waals surface area contributed by atoms with Crippen LogP contribution in [0.25, 0.3) is 28.0 Å². The Balaban J connectivity index is 1.42. The Morgan fingerprint density at radius 1 is 1.05 bits per heavy atom. The molecule has 1 fully saturated rings. The molecule has 4 heterocycles. The van der Waals surface area contributed by atoms with Crippen LogP contribution in [0.5, 0.6) is 5.75 Å². The molecule has 0 bridgehead atoms. The van der Waals surface area contributed by atoms with Gasteiger partial charge in [0.15, 0.2) is 11.6 Å². The molecular formula is C26H25F6N5O. The number of fused-ring (bicyclic) bond motifs is 1. The van der Waals surface area contributed by atoms with E-state index in [4.69, 9.17) is 4.98 Å². The SMILES string of the molecule is Cn1cc(-n2cc(CCCN3CCC(F)(F)CC3)c3ccc(-c4ccc(OC(F)(F)F)c(F)c4)nc32)cn1. The van der Waals surface area contributed by atoms with E-state index in [9.17, 15) is 26.3 Å². The number of halogens is 6. The molecule has 38 heavy (non-hydrogen) atoms. The standard InChI is InChI=1S/C26H25F6N5O/c1-35-16-19(14-33-35)37-15-18(3-2-10-36-11-8-25(28,29)9-12-36)20-5-6-22(34-24(20)37)17-4-7-23(21(27)13-17)38-26(30,31)32/h4-7,13-16H,2-3,8-12H2,1H3. The Labute approximate surface area is 214 Å². The van der Waals surface area contributed by atoms with E-state index in [1.54, 1.807) is 24.0 Å². The van der Waals surface area contributed by atoms with Gasteiger partial charge in [-0.15, -0.1) is 13.2 Å². The fourth-order valence-corrected chi connectivity index (χ4v) is 4.72. The highest BCUT2D eigenvalue weighted by Gasteiger charge is 2.34. The zero-order valence-electron chi connectivity index (χ0n) is 20.5. The Bertz CT molecular complexity index is 1430. The van der Waals surface area contributed by atoms with E-state index in [0.29, 0.717) is 43.0 Å². The lowest BCUT2D eigenvalue weighted by molar-refractivity contribution is -0.275. The van der Waals surface area contributed by atoms with Crippen LogP contribution in [0.3, 0.4) is 0 Å². The fourth-order valence-electron chi connectivity index (χ4n) is 4.72. The third-order valence-electron chi connectivity index (χ3n) is 6.66. The number of nitrogens with zero attached hydrogens (tertiary/aromatic N) is 5. The first-order chi connectivity index (χ1) is 18.0. The largest absolute Gasteiger partial charge is 0.573 e. The lowest BCUT2D eigenvalue weighted by Gasteiger charge is -2.31. The topological polar surface area (TPSA) is 48.1 Å². The number of pyridine rings is 1. The van der Waals surface area contributed by atoms with Gasteiger partial charge in [0.05, 0.1) is 17.6 Å². The van der Waals surface area contributed by atoms with Gasteiger partial charge in [0.2, 0.25) is 0 Å². The second-order valence-corrected chi connectivity index (χ2v) is 9.46. The van der Waals surface area contributed by atoms with Gasteiger partial charge in [-0.25, -0.2) is 18.2 Å². The summed E-state index contributed by atoms with van der Waals surface area (Å²) >= 11 is 0. The van der Waals surface area contributed by atoms with Crippen molar-refractivity contribution < 1.29 is 31.1 Å². The second-order valence-electron chi connectivity index (χ2n) is 9.46. The van der Waals surface area contributed by atoms with Crippen LogP contribution in [0.2, 0.25) is 0 Å². The molecule has 1 aliphatic rings. The van der Waals surface area contributed by atoms with E-state index in [-0.39, 0.29) is 12.8 Å². The number of benzene rings is 1. The van der Waals surface area contributed by atoms with Crippen LogP contribution >= 0.6 is 0 Å². The van der Waals surface area contributed by atoms with Crippen LogP contribution in [-0.2, 0) is 13.5 Å². The monoisotopic (exact) mass is 537 g/mol. The zero-order valence-corrected chi connectivity index (χ0v) is 20.5. The molecule has 4 aromatic rings. The molecule has 5 rings (SSSR count). The smallest absolute Gasteiger partial charge is 0.403 e. The maximum absolute atomic E-state index is 14.4. The molecule has 202 valence electrons. The molecule has 1 aromatic carbocycles. The molecule has 0 radical (unpaired) electrons. The van der Waals surface area contributed by atoms with Crippen molar-refractivity contribution in [2.24, 2.45) is 7.05 Å². The molecule has 1 aliphatic heterocycles. The third-order valence-corrected chi connectivity index (χ3v) is 6.66. The fraction of sp³-hybridized carbons (Fsp3) is 0.385. The maximum Gasteiger partial charge on any atom is 0.573 e. The van der Waals surface area contributed by atoms with Crippen LogP contribution in [0, 0.1) is 5.82 Å². The van der Waals surface area contributed by atoms with Gasteiger partial charge in [-0.1, -0.05) is 0 Å².